The summed E-state index contributed by atoms with van der Waals surface area (Å²) >= 11 is 3.46. The highest BCUT2D eigenvalue weighted by molar-refractivity contribution is 9.10. The van der Waals surface area contributed by atoms with Gasteiger partial charge in [0.2, 0.25) is 5.91 Å². The minimum atomic E-state index is -0.923. The highest BCUT2D eigenvalue weighted by atomic mass is 79.9. The number of amides is 1. The molecule has 21 heavy (non-hydrogen) atoms. The Bertz CT molecular complexity index is 583. The van der Waals surface area contributed by atoms with Crippen molar-refractivity contribution in [1.82, 2.24) is 4.90 Å². The predicted molar refractivity (Wildman–Crippen MR) is 84.9 cm³/mol. The van der Waals surface area contributed by atoms with Crippen molar-refractivity contribution in [3.8, 4) is 0 Å². The van der Waals surface area contributed by atoms with Gasteiger partial charge in [0.15, 0.2) is 0 Å². The van der Waals surface area contributed by atoms with Crippen LogP contribution in [0.5, 0.6) is 0 Å². The monoisotopic (exact) mass is 351 g/mol. The largest absolute Gasteiger partial charge is 0.480 e. The fourth-order valence-corrected chi connectivity index (χ4v) is 3.10. The van der Waals surface area contributed by atoms with Crippen LogP contribution in [0.1, 0.15) is 30.4 Å². The fourth-order valence-electron chi connectivity index (χ4n) is 2.48. The van der Waals surface area contributed by atoms with Crippen LogP contribution in [-0.4, -0.2) is 34.5 Å². The van der Waals surface area contributed by atoms with Gasteiger partial charge in [-0.25, -0.2) is 4.79 Å². The van der Waals surface area contributed by atoms with Crippen molar-refractivity contribution in [1.29, 1.82) is 0 Å². The molecule has 4 nitrogen and oxygen atoms in total. The lowest BCUT2D eigenvalue weighted by atomic mass is 10.0. The number of nitrogens with zero attached hydrogens (tertiary/aromatic N) is 1. The third-order valence-electron chi connectivity index (χ3n) is 3.63. The number of carboxylic acids is 1. The summed E-state index contributed by atoms with van der Waals surface area (Å²) in [6.07, 6.45) is 5.42. The third-order valence-corrected chi connectivity index (χ3v) is 4.32. The Morgan fingerprint density at radius 3 is 2.81 bits per heavy atom. The molecule has 1 atom stereocenters. The number of rotatable bonds is 3. The van der Waals surface area contributed by atoms with Crippen LogP contribution in [0.2, 0.25) is 0 Å². The second-order valence-corrected chi connectivity index (χ2v) is 6.09. The second-order valence-electron chi connectivity index (χ2n) is 5.24. The molecular weight excluding hydrogens is 334 g/mol. The van der Waals surface area contributed by atoms with Gasteiger partial charge in [-0.05, 0) is 49.5 Å². The number of hydrogen-bond acceptors (Lipinski definition) is 2. The Morgan fingerprint density at radius 1 is 1.38 bits per heavy atom. The highest BCUT2D eigenvalue weighted by Crippen LogP contribution is 2.21. The molecule has 1 aromatic rings. The van der Waals surface area contributed by atoms with Gasteiger partial charge in [-0.1, -0.05) is 28.1 Å². The summed E-state index contributed by atoms with van der Waals surface area (Å²) in [5.41, 5.74) is 2.03. The lowest BCUT2D eigenvalue weighted by molar-refractivity contribution is -0.150. The highest BCUT2D eigenvalue weighted by Gasteiger charge is 2.30. The van der Waals surface area contributed by atoms with Crippen LogP contribution in [0.3, 0.4) is 0 Å². The van der Waals surface area contributed by atoms with Crippen LogP contribution >= 0.6 is 15.9 Å². The predicted octanol–water partition coefficient (Wildman–Crippen LogP) is 3.24. The number of carbonyl (C=O) groups excluding carboxylic acids is 1. The molecule has 1 aliphatic heterocycles. The molecule has 0 spiro atoms. The van der Waals surface area contributed by atoms with E-state index in [-0.39, 0.29) is 5.91 Å². The van der Waals surface area contributed by atoms with E-state index in [9.17, 15) is 14.7 Å². The average molecular weight is 352 g/mol. The molecule has 1 amide bonds. The molecule has 112 valence electrons. The van der Waals surface area contributed by atoms with Gasteiger partial charge in [-0.2, -0.15) is 0 Å². The maximum atomic E-state index is 12.2. The van der Waals surface area contributed by atoms with Gasteiger partial charge in [0.1, 0.15) is 6.04 Å². The summed E-state index contributed by atoms with van der Waals surface area (Å²) in [5.74, 6) is -1.16. The lowest BCUT2D eigenvalue weighted by Gasteiger charge is -2.32. The number of carbonyl (C=O) groups is 2. The molecule has 0 bridgehead atoms. The van der Waals surface area contributed by atoms with E-state index < -0.39 is 12.0 Å². The fraction of sp³-hybridized carbons (Fsp3) is 0.375. The van der Waals surface area contributed by atoms with Crippen molar-refractivity contribution >= 4 is 33.9 Å². The van der Waals surface area contributed by atoms with E-state index in [1.807, 2.05) is 25.1 Å². The zero-order valence-corrected chi connectivity index (χ0v) is 13.5. The van der Waals surface area contributed by atoms with E-state index in [4.69, 9.17) is 0 Å². The topological polar surface area (TPSA) is 57.6 Å². The first-order valence-electron chi connectivity index (χ1n) is 6.96. The van der Waals surface area contributed by atoms with Crippen molar-refractivity contribution < 1.29 is 14.7 Å². The van der Waals surface area contributed by atoms with E-state index in [0.717, 1.165) is 28.4 Å². The standard InChI is InChI=1S/C16H18BrNO3/c1-11-5-6-12(13(17)10-11)7-8-15(19)18-9-3-2-4-14(18)16(20)21/h5-8,10,14H,2-4,9H2,1H3,(H,20,21)/t14-/m1/s1. The minimum Gasteiger partial charge on any atom is -0.480 e. The van der Waals surface area contributed by atoms with Crippen LogP contribution in [0.15, 0.2) is 28.7 Å². The first-order chi connectivity index (χ1) is 9.99. The molecular formula is C16H18BrNO3. The van der Waals surface area contributed by atoms with Gasteiger partial charge in [-0.3, -0.25) is 4.79 Å². The summed E-state index contributed by atoms with van der Waals surface area (Å²) in [6, 6.07) is 5.17. The number of piperidine rings is 1. The zero-order valence-electron chi connectivity index (χ0n) is 11.9. The summed E-state index contributed by atoms with van der Waals surface area (Å²) in [7, 11) is 0. The summed E-state index contributed by atoms with van der Waals surface area (Å²) in [5, 5.41) is 9.19. The van der Waals surface area contributed by atoms with E-state index in [2.05, 4.69) is 15.9 Å². The molecule has 2 rings (SSSR count). The van der Waals surface area contributed by atoms with Crippen LogP contribution in [-0.2, 0) is 9.59 Å². The number of hydrogen-bond donors (Lipinski definition) is 1. The molecule has 1 N–H and O–H groups in total. The normalized spacial score (nSPS) is 19.0. The molecule has 1 saturated heterocycles. The zero-order chi connectivity index (χ0) is 15.4. The number of halogens is 1. The van der Waals surface area contributed by atoms with E-state index in [1.54, 1.807) is 6.08 Å². The van der Waals surface area contributed by atoms with Crippen LogP contribution < -0.4 is 0 Å². The van der Waals surface area contributed by atoms with E-state index in [1.165, 1.54) is 11.0 Å². The van der Waals surface area contributed by atoms with Crippen molar-refractivity contribution in [3.05, 3.63) is 39.9 Å². The Balaban J connectivity index is 2.12. The molecule has 1 aromatic carbocycles. The molecule has 1 heterocycles. The molecule has 0 aliphatic carbocycles. The number of carboxylic acid groups (broad SMARTS) is 1. The summed E-state index contributed by atoms with van der Waals surface area (Å²) < 4.78 is 0.917. The molecule has 5 heteroatoms. The van der Waals surface area contributed by atoms with Gasteiger partial charge in [0.05, 0.1) is 0 Å². The average Bonchev–Trinajstić information content (AvgIpc) is 2.46. The maximum Gasteiger partial charge on any atom is 0.326 e. The molecule has 0 aromatic heterocycles. The molecule has 0 unspecified atom stereocenters. The SMILES string of the molecule is Cc1ccc(C=CC(=O)N2CCCC[C@@H]2C(=O)O)c(Br)c1. The van der Waals surface area contributed by atoms with Crippen LogP contribution in [0.4, 0.5) is 0 Å². The number of likely N-dealkylation sites (tertiary alicyclic amines) is 1. The minimum absolute atomic E-state index is 0.241. The van der Waals surface area contributed by atoms with E-state index in [0.29, 0.717) is 13.0 Å². The van der Waals surface area contributed by atoms with Gasteiger partial charge in [0, 0.05) is 17.1 Å². The van der Waals surface area contributed by atoms with E-state index >= 15 is 0 Å². The number of benzene rings is 1. The van der Waals surface area contributed by atoms with Crippen molar-refractivity contribution in [2.24, 2.45) is 0 Å². The van der Waals surface area contributed by atoms with Crippen LogP contribution in [0, 0.1) is 6.92 Å². The van der Waals surface area contributed by atoms with Crippen molar-refractivity contribution in [2.45, 2.75) is 32.2 Å². The number of aliphatic carboxylic acids is 1. The Morgan fingerprint density at radius 2 is 2.14 bits per heavy atom. The molecule has 0 radical (unpaired) electrons. The van der Waals surface area contributed by atoms with Gasteiger partial charge in [-0.15, -0.1) is 0 Å². The quantitative estimate of drug-likeness (QED) is 0.850. The molecule has 1 aliphatic rings. The number of aryl methyl sites for hydroxylation is 1. The van der Waals surface area contributed by atoms with Gasteiger partial charge >= 0.3 is 5.97 Å². The van der Waals surface area contributed by atoms with Crippen molar-refractivity contribution in [3.63, 3.8) is 0 Å². The Hall–Kier alpha value is -1.62. The molecule has 0 saturated carbocycles. The maximum absolute atomic E-state index is 12.2. The smallest absolute Gasteiger partial charge is 0.326 e. The third kappa shape index (κ3) is 3.94. The second kappa shape index (κ2) is 6.89. The summed E-state index contributed by atoms with van der Waals surface area (Å²) in [6.45, 7) is 2.50. The van der Waals surface area contributed by atoms with Crippen molar-refractivity contribution in [2.75, 3.05) is 6.54 Å². The Labute approximate surface area is 132 Å². The lowest BCUT2D eigenvalue weighted by Crippen LogP contribution is -2.47. The van der Waals surface area contributed by atoms with Crippen LogP contribution in [0.25, 0.3) is 6.08 Å². The summed E-state index contributed by atoms with van der Waals surface area (Å²) in [4.78, 5) is 24.9. The van der Waals surface area contributed by atoms with Gasteiger partial charge < -0.3 is 10.0 Å². The first kappa shape index (κ1) is 15.8. The van der Waals surface area contributed by atoms with Gasteiger partial charge in [0.25, 0.3) is 0 Å². The first-order valence-corrected chi connectivity index (χ1v) is 7.76. The molecule has 1 fully saturated rings. The Kier molecular flexibility index (Phi) is 5.17.